The molecule has 0 heterocycles. The molecule has 29 heavy (non-hydrogen) atoms. The van der Waals surface area contributed by atoms with Gasteiger partial charge in [-0.25, -0.2) is 0 Å². The number of benzene rings is 2. The van der Waals surface area contributed by atoms with Gasteiger partial charge < -0.3 is 9.47 Å². The lowest BCUT2D eigenvalue weighted by Gasteiger charge is -2.19. The summed E-state index contributed by atoms with van der Waals surface area (Å²) in [5.74, 6) is -0.172. The molecule has 0 aromatic heterocycles. The molecule has 0 aliphatic carbocycles. The van der Waals surface area contributed by atoms with Gasteiger partial charge in [0.25, 0.3) is 11.8 Å². The average molecular weight is 439 g/mol. The zero-order valence-electron chi connectivity index (χ0n) is 16.7. The lowest BCUT2D eigenvalue weighted by atomic mass is 9.87. The normalized spacial score (nSPS) is 12.1. The first kappa shape index (κ1) is 22.8. The molecular formula is C21H24Cl2N2O4. The molecule has 0 bridgehead atoms. The molecule has 8 heteroatoms. The van der Waals surface area contributed by atoms with Crippen LogP contribution in [0, 0.1) is 0 Å². The molecule has 2 aromatic carbocycles. The molecule has 0 radical (unpaired) electrons. The van der Waals surface area contributed by atoms with Crippen molar-refractivity contribution in [2.24, 2.45) is 0 Å². The fraction of sp³-hybridized carbons (Fsp3) is 0.333. The monoisotopic (exact) mass is 438 g/mol. The van der Waals surface area contributed by atoms with Gasteiger partial charge in [-0.3, -0.25) is 20.4 Å². The Labute approximate surface area is 180 Å². The van der Waals surface area contributed by atoms with E-state index in [1.165, 1.54) is 13.0 Å². The summed E-state index contributed by atoms with van der Waals surface area (Å²) in [6.07, 6.45) is -0.889. The SMILES string of the molecule is CC(Oc1ccc(Cl)cc1Cl)C(=O)NNC(=O)COc1ccc(C(C)(C)C)cc1. The Kier molecular flexibility index (Phi) is 7.76. The van der Waals surface area contributed by atoms with Crippen LogP contribution in [0.4, 0.5) is 0 Å². The van der Waals surface area contributed by atoms with E-state index in [2.05, 4.69) is 31.6 Å². The first-order valence-corrected chi connectivity index (χ1v) is 9.75. The van der Waals surface area contributed by atoms with E-state index in [-0.39, 0.29) is 17.0 Å². The highest BCUT2D eigenvalue weighted by Gasteiger charge is 2.17. The minimum absolute atomic E-state index is 0.0369. The van der Waals surface area contributed by atoms with Crippen LogP contribution < -0.4 is 20.3 Å². The number of carbonyl (C=O) groups excluding carboxylic acids is 2. The van der Waals surface area contributed by atoms with Gasteiger partial charge in [0.2, 0.25) is 0 Å². The van der Waals surface area contributed by atoms with Gasteiger partial charge in [0.1, 0.15) is 11.5 Å². The third-order valence-electron chi connectivity index (χ3n) is 3.98. The van der Waals surface area contributed by atoms with Crippen LogP contribution in [0.25, 0.3) is 0 Å². The van der Waals surface area contributed by atoms with Crippen LogP contribution in [0.5, 0.6) is 11.5 Å². The van der Waals surface area contributed by atoms with Crippen LogP contribution in [-0.4, -0.2) is 24.5 Å². The van der Waals surface area contributed by atoms with Gasteiger partial charge in [-0.1, -0.05) is 56.1 Å². The van der Waals surface area contributed by atoms with Gasteiger partial charge in [-0.15, -0.1) is 0 Å². The highest BCUT2D eigenvalue weighted by atomic mass is 35.5. The molecule has 0 aliphatic rings. The van der Waals surface area contributed by atoms with E-state index in [1.54, 1.807) is 24.3 Å². The Morgan fingerprint density at radius 2 is 1.69 bits per heavy atom. The maximum absolute atomic E-state index is 12.1. The Morgan fingerprint density at radius 1 is 1.03 bits per heavy atom. The quantitative estimate of drug-likeness (QED) is 0.659. The van der Waals surface area contributed by atoms with Crippen molar-refractivity contribution < 1.29 is 19.1 Å². The van der Waals surface area contributed by atoms with Crippen molar-refractivity contribution in [3.63, 3.8) is 0 Å². The zero-order valence-corrected chi connectivity index (χ0v) is 18.2. The molecule has 6 nitrogen and oxygen atoms in total. The van der Waals surface area contributed by atoms with Crippen LogP contribution in [0.15, 0.2) is 42.5 Å². The highest BCUT2D eigenvalue weighted by Crippen LogP contribution is 2.28. The summed E-state index contributed by atoms with van der Waals surface area (Å²) in [6, 6.07) is 12.2. The second-order valence-electron chi connectivity index (χ2n) is 7.44. The largest absolute Gasteiger partial charge is 0.484 e. The number of hydrogen-bond donors (Lipinski definition) is 2. The number of ether oxygens (including phenoxy) is 2. The third-order valence-corrected chi connectivity index (χ3v) is 4.51. The molecule has 0 aliphatic heterocycles. The van der Waals surface area contributed by atoms with E-state index in [0.717, 1.165) is 5.56 Å². The molecule has 2 rings (SSSR count). The third kappa shape index (κ3) is 7.15. The van der Waals surface area contributed by atoms with Crippen molar-refractivity contribution >= 4 is 35.0 Å². The number of rotatable bonds is 6. The van der Waals surface area contributed by atoms with E-state index in [4.69, 9.17) is 32.7 Å². The maximum Gasteiger partial charge on any atom is 0.279 e. The summed E-state index contributed by atoms with van der Waals surface area (Å²) in [6.45, 7) is 7.63. The standard InChI is InChI=1S/C21H24Cl2N2O4/c1-13(29-18-10-7-15(22)11-17(18)23)20(27)25-24-19(26)12-28-16-8-5-14(6-9-16)21(2,3)4/h5-11,13H,12H2,1-4H3,(H,24,26)(H,25,27). The number of carbonyl (C=O) groups is 2. The zero-order chi connectivity index (χ0) is 21.6. The van der Waals surface area contributed by atoms with Gasteiger partial charge >= 0.3 is 0 Å². The van der Waals surface area contributed by atoms with Crippen LogP contribution in [0.3, 0.4) is 0 Å². The summed E-state index contributed by atoms with van der Waals surface area (Å²) in [7, 11) is 0. The summed E-state index contributed by atoms with van der Waals surface area (Å²) < 4.78 is 10.9. The van der Waals surface area contributed by atoms with Crippen molar-refractivity contribution in [1.82, 2.24) is 10.9 Å². The predicted octanol–water partition coefficient (Wildman–Crippen LogP) is 4.28. The average Bonchev–Trinajstić information content (AvgIpc) is 2.66. The van der Waals surface area contributed by atoms with Crippen molar-refractivity contribution in [3.05, 3.63) is 58.1 Å². The number of hydrazine groups is 1. The molecule has 0 fully saturated rings. The molecule has 1 unspecified atom stereocenters. The predicted molar refractivity (Wildman–Crippen MR) is 113 cm³/mol. The topological polar surface area (TPSA) is 76.7 Å². The Bertz CT molecular complexity index is 864. The second-order valence-corrected chi connectivity index (χ2v) is 8.28. The fourth-order valence-electron chi connectivity index (χ4n) is 2.28. The maximum atomic E-state index is 12.1. The van der Waals surface area contributed by atoms with E-state index >= 15 is 0 Å². The van der Waals surface area contributed by atoms with Crippen LogP contribution in [0.2, 0.25) is 10.0 Å². The molecule has 0 saturated carbocycles. The van der Waals surface area contributed by atoms with Gasteiger partial charge in [-0.05, 0) is 48.2 Å². The lowest BCUT2D eigenvalue weighted by Crippen LogP contribution is -2.48. The molecular weight excluding hydrogens is 415 g/mol. The first-order valence-electron chi connectivity index (χ1n) is 9.00. The lowest BCUT2D eigenvalue weighted by molar-refractivity contribution is -0.133. The van der Waals surface area contributed by atoms with Crippen molar-refractivity contribution in [2.75, 3.05) is 6.61 Å². The molecule has 0 spiro atoms. The van der Waals surface area contributed by atoms with Crippen LogP contribution >= 0.6 is 23.2 Å². The second kappa shape index (κ2) is 9.85. The molecule has 1 atom stereocenters. The summed E-state index contributed by atoms with van der Waals surface area (Å²) in [5.41, 5.74) is 5.77. The Balaban J connectivity index is 1.77. The van der Waals surface area contributed by atoms with E-state index < -0.39 is 17.9 Å². The smallest absolute Gasteiger partial charge is 0.279 e. The first-order chi connectivity index (χ1) is 13.6. The molecule has 156 valence electrons. The molecule has 2 amide bonds. The highest BCUT2D eigenvalue weighted by molar-refractivity contribution is 6.35. The van der Waals surface area contributed by atoms with E-state index in [1.807, 2.05) is 12.1 Å². The summed E-state index contributed by atoms with van der Waals surface area (Å²) in [4.78, 5) is 24.0. The van der Waals surface area contributed by atoms with E-state index in [9.17, 15) is 9.59 Å². The van der Waals surface area contributed by atoms with Gasteiger partial charge in [0.05, 0.1) is 5.02 Å². The number of nitrogens with one attached hydrogen (secondary N) is 2. The fourth-order valence-corrected chi connectivity index (χ4v) is 2.74. The molecule has 2 aromatic rings. The summed E-state index contributed by atoms with van der Waals surface area (Å²) in [5, 5.41) is 0.742. The van der Waals surface area contributed by atoms with Crippen molar-refractivity contribution in [1.29, 1.82) is 0 Å². The van der Waals surface area contributed by atoms with Crippen LogP contribution in [-0.2, 0) is 15.0 Å². The van der Waals surface area contributed by atoms with Gasteiger partial charge in [-0.2, -0.15) is 0 Å². The van der Waals surface area contributed by atoms with Gasteiger partial charge in [0, 0.05) is 5.02 Å². The van der Waals surface area contributed by atoms with Crippen molar-refractivity contribution in [3.8, 4) is 11.5 Å². The number of amides is 2. The summed E-state index contributed by atoms with van der Waals surface area (Å²) >= 11 is 11.8. The minimum atomic E-state index is -0.889. The Hall–Kier alpha value is -2.44. The van der Waals surface area contributed by atoms with E-state index in [0.29, 0.717) is 16.5 Å². The van der Waals surface area contributed by atoms with Crippen LogP contribution in [0.1, 0.15) is 33.3 Å². The van der Waals surface area contributed by atoms with Crippen molar-refractivity contribution in [2.45, 2.75) is 39.2 Å². The number of halogens is 2. The van der Waals surface area contributed by atoms with Gasteiger partial charge in [0.15, 0.2) is 12.7 Å². The number of hydrogen-bond acceptors (Lipinski definition) is 4. The molecule has 2 N–H and O–H groups in total. The minimum Gasteiger partial charge on any atom is -0.484 e. The molecule has 0 saturated heterocycles. The Morgan fingerprint density at radius 3 is 2.28 bits per heavy atom.